The van der Waals surface area contributed by atoms with Gasteiger partial charge in [-0.2, -0.15) is 0 Å². The van der Waals surface area contributed by atoms with Gasteiger partial charge in [0.2, 0.25) is 0 Å². The van der Waals surface area contributed by atoms with Crippen LogP contribution in [0, 0.1) is 6.92 Å². The largest absolute Gasteiger partial charge is 0.359 e. The van der Waals surface area contributed by atoms with E-state index < -0.39 is 0 Å². The van der Waals surface area contributed by atoms with Crippen molar-refractivity contribution in [3.8, 4) is 0 Å². The molecular weight excluding hydrogens is 278 g/mol. The molecule has 0 atom stereocenters. The van der Waals surface area contributed by atoms with Crippen LogP contribution < -0.4 is 10.2 Å². The summed E-state index contributed by atoms with van der Waals surface area (Å²) in [4.78, 5) is 14.1. The monoisotopic (exact) mass is 301 g/mol. The molecule has 2 rings (SSSR count). The van der Waals surface area contributed by atoms with Crippen molar-refractivity contribution < 1.29 is 9.32 Å². The molecule has 0 saturated carbocycles. The smallest absolute Gasteiger partial charge is 0.327 e. The molecule has 5 nitrogen and oxygen atoms in total. The summed E-state index contributed by atoms with van der Waals surface area (Å²) in [6.45, 7) is 10.6. The third-order valence-electron chi connectivity index (χ3n) is 3.36. The molecule has 0 unspecified atom stereocenters. The quantitative estimate of drug-likeness (QED) is 0.917. The maximum atomic E-state index is 12.4. The maximum Gasteiger partial charge on any atom is 0.327 e. The third kappa shape index (κ3) is 3.67. The van der Waals surface area contributed by atoms with Crippen LogP contribution in [0.3, 0.4) is 0 Å². The third-order valence-corrected chi connectivity index (χ3v) is 3.36. The van der Waals surface area contributed by atoms with Crippen molar-refractivity contribution in [1.29, 1.82) is 0 Å². The van der Waals surface area contributed by atoms with Crippen LogP contribution >= 0.6 is 0 Å². The SMILES string of the molecule is CCN(C(=O)Nc1cc(C(C)(C)C)on1)c1cccc(C)c1. The van der Waals surface area contributed by atoms with E-state index in [1.54, 1.807) is 11.0 Å². The van der Waals surface area contributed by atoms with Crippen LogP contribution in [0.1, 0.15) is 39.0 Å². The molecule has 5 heteroatoms. The number of aromatic nitrogens is 1. The normalized spacial score (nSPS) is 11.3. The van der Waals surface area contributed by atoms with Crippen LogP contribution in [0.4, 0.5) is 16.3 Å². The number of hydrogen-bond donors (Lipinski definition) is 1. The molecule has 0 bridgehead atoms. The number of urea groups is 1. The van der Waals surface area contributed by atoms with E-state index in [1.807, 2.05) is 58.9 Å². The Morgan fingerprint density at radius 2 is 2.05 bits per heavy atom. The van der Waals surface area contributed by atoms with Gasteiger partial charge in [0.25, 0.3) is 0 Å². The fraction of sp³-hybridized carbons (Fsp3) is 0.412. The molecule has 2 amide bonds. The Hall–Kier alpha value is -2.30. The number of aryl methyl sites for hydroxylation is 1. The number of hydrogen-bond acceptors (Lipinski definition) is 3. The van der Waals surface area contributed by atoms with Gasteiger partial charge < -0.3 is 4.52 Å². The van der Waals surface area contributed by atoms with Crippen LogP contribution in [0.25, 0.3) is 0 Å². The van der Waals surface area contributed by atoms with Gasteiger partial charge in [0.05, 0.1) is 0 Å². The number of amides is 2. The van der Waals surface area contributed by atoms with Crippen LogP contribution in [0.2, 0.25) is 0 Å². The summed E-state index contributed by atoms with van der Waals surface area (Å²) in [6, 6.07) is 9.38. The zero-order valence-corrected chi connectivity index (χ0v) is 13.8. The zero-order valence-electron chi connectivity index (χ0n) is 13.8. The summed E-state index contributed by atoms with van der Waals surface area (Å²) in [5.74, 6) is 1.17. The van der Waals surface area contributed by atoms with Crippen LogP contribution in [0.15, 0.2) is 34.9 Å². The molecule has 1 heterocycles. The minimum absolute atomic E-state index is 0.142. The predicted molar refractivity (Wildman–Crippen MR) is 88.4 cm³/mol. The second-order valence-corrected chi connectivity index (χ2v) is 6.34. The Bertz CT molecular complexity index is 656. The molecule has 22 heavy (non-hydrogen) atoms. The first kappa shape index (κ1) is 16.1. The molecule has 1 N–H and O–H groups in total. The lowest BCUT2D eigenvalue weighted by Crippen LogP contribution is -2.34. The van der Waals surface area contributed by atoms with Crippen LogP contribution in [-0.2, 0) is 5.41 Å². The van der Waals surface area contributed by atoms with Gasteiger partial charge in [-0.15, -0.1) is 0 Å². The first-order valence-electron chi connectivity index (χ1n) is 7.43. The van der Waals surface area contributed by atoms with Gasteiger partial charge in [0.15, 0.2) is 5.82 Å². The minimum atomic E-state index is -0.221. The molecule has 118 valence electrons. The molecule has 0 radical (unpaired) electrons. The lowest BCUT2D eigenvalue weighted by molar-refractivity contribution is 0.257. The van der Waals surface area contributed by atoms with E-state index in [2.05, 4.69) is 10.5 Å². The van der Waals surface area contributed by atoms with E-state index in [0.717, 1.165) is 17.0 Å². The van der Waals surface area contributed by atoms with Gasteiger partial charge in [0, 0.05) is 23.7 Å². The molecule has 1 aromatic carbocycles. The van der Waals surface area contributed by atoms with Crippen molar-refractivity contribution >= 4 is 17.5 Å². The van der Waals surface area contributed by atoms with E-state index in [-0.39, 0.29) is 11.4 Å². The summed E-state index contributed by atoms with van der Waals surface area (Å²) in [5, 5.41) is 6.70. The lowest BCUT2D eigenvalue weighted by Gasteiger charge is -2.21. The summed E-state index contributed by atoms with van der Waals surface area (Å²) < 4.78 is 5.28. The minimum Gasteiger partial charge on any atom is -0.359 e. The topological polar surface area (TPSA) is 58.4 Å². The molecule has 0 spiro atoms. The Labute approximate surface area is 131 Å². The summed E-state index contributed by atoms with van der Waals surface area (Å²) >= 11 is 0. The van der Waals surface area contributed by atoms with Gasteiger partial charge in [-0.3, -0.25) is 10.2 Å². The van der Waals surface area contributed by atoms with Crippen LogP contribution in [-0.4, -0.2) is 17.7 Å². The Morgan fingerprint density at radius 3 is 2.59 bits per heavy atom. The highest BCUT2D eigenvalue weighted by molar-refractivity contribution is 6.01. The second kappa shape index (κ2) is 6.22. The van der Waals surface area contributed by atoms with E-state index in [4.69, 9.17) is 4.52 Å². The van der Waals surface area contributed by atoms with E-state index in [0.29, 0.717) is 12.4 Å². The van der Waals surface area contributed by atoms with Gasteiger partial charge >= 0.3 is 6.03 Å². The summed E-state index contributed by atoms with van der Waals surface area (Å²) in [5.41, 5.74) is 1.83. The number of rotatable bonds is 3. The molecule has 0 saturated heterocycles. The lowest BCUT2D eigenvalue weighted by atomic mass is 9.93. The summed E-state index contributed by atoms with van der Waals surface area (Å²) in [7, 11) is 0. The predicted octanol–water partition coefficient (Wildman–Crippen LogP) is 4.34. The van der Waals surface area contributed by atoms with E-state index in [1.165, 1.54) is 0 Å². The van der Waals surface area contributed by atoms with Crippen molar-refractivity contribution in [2.45, 2.75) is 40.0 Å². The average molecular weight is 301 g/mol. The molecule has 0 aliphatic rings. The molecule has 0 aliphatic heterocycles. The fourth-order valence-electron chi connectivity index (χ4n) is 2.10. The Morgan fingerprint density at radius 1 is 1.32 bits per heavy atom. The molecule has 0 fully saturated rings. The van der Waals surface area contributed by atoms with Crippen molar-refractivity contribution in [2.75, 3.05) is 16.8 Å². The first-order valence-corrected chi connectivity index (χ1v) is 7.43. The van der Waals surface area contributed by atoms with E-state index >= 15 is 0 Å². The fourth-order valence-corrected chi connectivity index (χ4v) is 2.10. The van der Waals surface area contributed by atoms with Gasteiger partial charge in [-0.1, -0.05) is 38.1 Å². The zero-order chi connectivity index (χ0) is 16.3. The molecule has 2 aromatic rings. The Kier molecular flexibility index (Phi) is 4.54. The van der Waals surface area contributed by atoms with Crippen LogP contribution in [0.5, 0.6) is 0 Å². The summed E-state index contributed by atoms with van der Waals surface area (Å²) in [6.07, 6.45) is 0. The van der Waals surface area contributed by atoms with Gasteiger partial charge in [0.1, 0.15) is 5.76 Å². The molecular formula is C17H23N3O2. The number of nitrogens with one attached hydrogen (secondary N) is 1. The van der Waals surface area contributed by atoms with Crippen molar-refractivity contribution in [3.63, 3.8) is 0 Å². The standard InChI is InChI=1S/C17H23N3O2/c1-6-20(13-9-7-8-12(2)10-13)16(21)18-15-11-14(22-19-15)17(3,4)5/h7-11H,6H2,1-5H3,(H,18,19,21). The second-order valence-electron chi connectivity index (χ2n) is 6.34. The van der Waals surface area contributed by atoms with Gasteiger partial charge in [-0.05, 0) is 31.5 Å². The molecule has 1 aromatic heterocycles. The van der Waals surface area contributed by atoms with Crippen molar-refractivity contribution in [3.05, 3.63) is 41.7 Å². The van der Waals surface area contributed by atoms with Gasteiger partial charge in [-0.25, -0.2) is 4.79 Å². The highest BCUT2D eigenvalue weighted by Crippen LogP contribution is 2.25. The highest BCUT2D eigenvalue weighted by atomic mass is 16.5. The van der Waals surface area contributed by atoms with Crippen molar-refractivity contribution in [1.82, 2.24) is 5.16 Å². The first-order chi connectivity index (χ1) is 10.3. The maximum absolute atomic E-state index is 12.4. The number of benzene rings is 1. The highest BCUT2D eigenvalue weighted by Gasteiger charge is 2.21. The Balaban J connectivity index is 2.15. The van der Waals surface area contributed by atoms with Crippen molar-refractivity contribution in [2.24, 2.45) is 0 Å². The number of anilines is 2. The number of carbonyl (C=O) groups excluding carboxylic acids is 1. The number of carbonyl (C=O) groups is 1. The number of nitrogens with zero attached hydrogens (tertiary/aromatic N) is 2. The van der Waals surface area contributed by atoms with E-state index in [9.17, 15) is 4.79 Å². The average Bonchev–Trinajstić information content (AvgIpc) is 2.88. The molecule has 0 aliphatic carbocycles.